The summed E-state index contributed by atoms with van der Waals surface area (Å²) in [5, 5.41) is 0. The van der Waals surface area contributed by atoms with Crippen molar-refractivity contribution in [2.24, 2.45) is 5.73 Å². The number of rotatable bonds is 6. The van der Waals surface area contributed by atoms with E-state index in [1.165, 1.54) is 11.3 Å². The Hall–Kier alpha value is -1.87. The van der Waals surface area contributed by atoms with Gasteiger partial charge in [-0.2, -0.15) is 0 Å². The Balaban J connectivity index is 2.10. The summed E-state index contributed by atoms with van der Waals surface area (Å²) in [4.78, 5) is 6.50. The first kappa shape index (κ1) is 12.6. The predicted octanol–water partition coefficient (Wildman–Crippen LogP) is 2.44. The van der Waals surface area contributed by atoms with E-state index in [4.69, 9.17) is 5.73 Å². The molecule has 0 spiro atoms. The molecule has 3 heteroatoms. The summed E-state index contributed by atoms with van der Waals surface area (Å²) in [5.41, 5.74) is 8.06. The van der Waals surface area contributed by atoms with Gasteiger partial charge in [0.25, 0.3) is 0 Å². The molecule has 0 radical (unpaired) electrons. The zero-order chi connectivity index (χ0) is 12.6. The third-order valence-electron chi connectivity index (χ3n) is 2.85. The van der Waals surface area contributed by atoms with E-state index >= 15 is 0 Å². The van der Waals surface area contributed by atoms with Crippen molar-refractivity contribution in [1.82, 2.24) is 4.98 Å². The third kappa shape index (κ3) is 3.57. The molecule has 18 heavy (non-hydrogen) atoms. The van der Waals surface area contributed by atoms with Crippen LogP contribution in [0.25, 0.3) is 0 Å². The Bertz CT molecular complexity index is 442. The van der Waals surface area contributed by atoms with Crippen LogP contribution in [0.5, 0.6) is 0 Å². The first-order chi connectivity index (χ1) is 8.90. The van der Waals surface area contributed by atoms with Crippen molar-refractivity contribution in [2.75, 3.05) is 18.0 Å². The molecule has 0 amide bonds. The summed E-state index contributed by atoms with van der Waals surface area (Å²) in [7, 11) is 0. The van der Waals surface area contributed by atoms with Gasteiger partial charge in [0.2, 0.25) is 0 Å². The molecular formula is C15H19N3. The molecule has 0 saturated carbocycles. The number of benzene rings is 1. The van der Waals surface area contributed by atoms with Gasteiger partial charge in [0.15, 0.2) is 0 Å². The normalized spacial score (nSPS) is 10.3. The minimum absolute atomic E-state index is 0.719. The second kappa shape index (κ2) is 6.77. The van der Waals surface area contributed by atoms with Crippen LogP contribution < -0.4 is 10.6 Å². The average Bonchev–Trinajstić information content (AvgIpc) is 2.45. The Morgan fingerprint density at radius 2 is 1.89 bits per heavy atom. The molecule has 0 bridgehead atoms. The van der Waals surface area contributed by atoms with Gasteiger partial charge in [-0.15, -0.1) is 0 Å². The van der Waals surface area contributed by atoms with Crippen molar-refractivity contribution in [3.63, 3.8) is 0 Å². The Labute approximate surface area is 108 Å². The van der Waals surface area contributed by atoms with Crippen LogP contribution >= 0.6 is 0 Å². The van der Waals surface area contributed by atoms with Crippen LogP contribution in [0, 0.1) is 0 Å². The van der Waals surface area contributed by atoms with Gasteiger partial charge in [-0.3, -0.25) is 4.98 Å². The van der Waals surface area contributed by atoms with E-state index in [1.807, 2.05) is 18.3 Å². The molecule has 1 aromatic heterocycles. The zero-order valence-corrected chi connectivity index (χ0v) is 10.5. The predicted molar refractivity (Wildman–Crippen MR) is 75.4 cm³/mol. The smallest absolute Gasteiger partial charge is 0.0444 e. The molecule has 3 nitrogen and oxygen atoms in total. The monoisotopic (exact) mass is 241 g/mol. The van der Waals surface area contributed by atoms with Crippen molar-refractivity contribution in [3.05, 3.63) is 60.4 Å². The second-order valence-electron chi connectivity index (χ2n) is 4.26. The molecular weight excluding hydrogens is 222 g/mol. The van der Waals surface area contributed by atoms with Gasteiger partial charge < -0.3 is 10.6 Å². The fourth-order valence-corrected chi connectivity index (χ4v) is 1.93. The SMILES string of the molecule is NCCCN(Cc1cccnc1)c1ccccc1. The molecule has 0 saturated heterocycles. The maximum atomic E-state index is 5.61. The summed E-state index contributed by atoms with van der Waals surface area (Å²) < 4.78 is 0. The molecule has 0 atom stereocenters. The molecule has 2 aromatic rings. The van der Waals surface area contributed by atoms with Crippen LogP contribution in [0.4, 0.5) is 5.69 Å². The Morgan fingerprint density at radius 1 is 1.06 bits per heavy atom. The quantitative estimate of drug-likeness (QED) is 0.844. The van der Waals surface area contributed by atoms with E-state index in [1.54, 1.807) is 6.20 Å². The van der Waals surface area contributed by atoms with Crippen LogP contribution in [0.2, 0.25) is 0 Å². The number of hydrogen-bond donors (Lipinski definition) is 1. The van der Waals surface area contributed by atoms with Crippen molar-refractivity contribution in [2.45, 2.75) is 13.0 Å². The molecule has 0 aliphatic carbocycles. The molecule has 2 N–H and O–H groups in total. The lowest BCUT2D eigenvalue weighted by Crippen LogP contribution is -2.25. The molecule has 0 fully saturated rings. The lowest BCUT2D eigenvalue weighted by atomic mass is 10.2. The Morgan fingerprint density at radius 3 is 2.56 bits per heavy atom. The fourth-order valence-electron chi connectivity index (χ4n) is 1.93. The summed E-state index contributed by atoms with van der Waals surface area (Å²) in [6.45, 7) is 2.56. The van der Waals surface area contributed by atoms with E-state index in [0.29, 0.717) is 0 Å². The third-order valence-corrected chi connectivity index (χ3v) is 2.85. The van der Waals surface area contributed by atoms with Crippen LogP contribution in [0.3, 0.4) is 0 Å². The molecule has 1 heterocycles. The molecule has 1 aromatic carbocycles. The topological polar surface area (TPSA) is 42.1 Å². The van der Waals surface area contributed by atoms with E-state index in [0.717, 1.165) is 26.1 Å². The minimum Gasteiger partial charge on any atom is -0.367 e. The lowest BCUT2D eigenvalue weighted by molar-refractivity contribution is 0.734. The largest absolute Gasteiger partial charge is 0.367 e. The highest BCUT2D eigenvalue weighted by Gasteiger charge is 2.06. The van der Waals surface area contributed by atoms with E-state index in [9.17, 15) is 0 Å². The van der Waals surface area contributed by atoms with Crippen LogP contribution in [-0.4, -0.2) is 18.1 Å². The minimum atomic E-state index is 0.719. The summed E-state index contributed by atoms with van der Waals surface area (Å²) in [5.74, 6) is 0. The van der Waals surface area contributed by atoms with Crippen LogP contribution in [0.1, 0.15) is 12.0 Å². The van der Waals surface area contributed by atoms with Gasteiger partial charge in [-0.05, 0) is 36.7 Å². The first-order valence-corrected chi connectivity index (χ1v) is 6.29. The van der Waals surface area contributed by atoms with Crippen molar-refractivity contribution in [3.8, 4) is 0 Å². The van der Waals surface area contributed by atoms with Gasteiger partial charge in [0, 0.05) is 31.2 Å². The van der Waals surface area contributed by atoms with Crippen molar-refractivity contribution in [1.29, 1.82) is 0 Å². The van der Waals surface area contributed by atoms with Crippen LogP contribution in [-0.2, 0) is 6.54 Å². The maximum absolute atomic E-state index is 5.61. The number of nitrogens with two attached hydrogens (primary N) is 1. The Kier molecular flexibility index (Phi) is 4.73. The number of aromatic nitrogens is 1. The molecule has 0 unspecified atom stereocenters. The van der Waals surface area contributed by atoms with Gasteiger partial charge in [-0.1, -0.05) is 24.3 Å². The van der Waals surface area contributed by atoms with Gasteiger partial charge >= 0.3 is 0 Å². The molecule has 0 aliphatic rings. The standard InChI is InChI=1S/C15H19N3/c16-9-5-11-18(15-7-2-1-3-8-15)13-14-6-4-10-17-12-14/h1-4,6-8,10,12H,5,9,11,13,16H2. The van der Waals surface area contributed by atoms with E-state index < -0.39 is 0 Å². The number of pyridine rings is 1. The highest BCUT2D eigenvalue weighted by atomic mass is 15.1. The molecule has 2 rings (SSSR count). The summed E-state index contributed by atoms with van der Waals surface area (Å²) >= 11 is 0. The summed E-state index contributed by atoms with van der Waals surface area (Å²) in [6.07, 6.45) is 4.71. The van der Waals surface area contributed by atoms with Crippen LogP contribution in [0.15, 0.2) is 54.9 Å². The lowest BCUT2D eigenvalue weighted by Gasteiger charge is -2.24. The highest BCUT2D eigenvalue weighted by Crippen LogP contribution is 2.16. The van der Waals surface area contributed by atoms with E-state index in [-0.39, 0.29) is 0 Å². The zero-order valence-electron chi connectivity index (χ0n) is 10.5. The van der Waals surface area contributed by atoms with Gasteiger partial charge in [0.05, 0.1) is 0 Å². The fraction of sp³-hybridized carbons (Fsp3) is 0.267. The number of nitrogens with zero attached hydrogens (tertiary/aromatic N) is 2. The molecule has 0 aliphatic heterocycles. The van der Waals surface area contributed by atoms with E-state index in [2.05, 4.69) is 40.2 Å². The molecule has 94 valence electrons. The number of para-hydroxylation sites is 1. The maximum Gasteiger partial charge on any atom is 0.0444 e. The number of hydrogen-bond acceptors (Lipinski definition) is 3. The number of anilines is 1. The summed E-state index contributed by atoms with van der Waals surface area (Å²) in [6, 6.07) is 14.5. The first-order valence-electron chi connectivity index (χ1n) is 6.29. The van der Waals surface area contributed by atoms with Crippen molar-refractivity contribution >= 4 is 5.69 Å². The average molecular weight is 241 g/mol. The van der Waals surface area contributed by atoms with Gasteiger partial charge in [-0.25, -0.2) is 0 Å². The van der Waals surface area contributed by atoms with Gasteiger partial charge in [0.1, 0.15) is 0 Å². The second-order valence-corrected chi connectivity index (χ2v) is 4.26. The highest BCUT2D eigenvalue weighted by molar-refractivity contribution is 5.46. The van der Waals surface area contributed by atoms with Crippen molar-refractivity contribution < 1.29 is 0 Å².